The van der Waals surface area contributed by atoms with Crippen LogP contribution in [0.2, 0.25) is 5.02 Å². The third-order valence-corrected chi connectivity index (χ3v) is 4.82. The van der Waals surface area contributed by atoms with E-state index in [4.69, 9.17) is 11.6 Å². The summed E-state index contributed by atoms with van der Waals surface area (Å²) in [6.45, 7) is 6.90. The van der Waals surface area contributed by atoms with Crippen LogP contribution in [0.1, 0.15) is 42.5 Å². The molecule has 0 amide bonds. The van der Waals surface area contributed by atoms with Crippen LogP contribution in [0.3, 0.4) is 0 Å². The van der Waals surface area contributed by atoms with E-state index >= 15 is 0 Å². The molecule has 0 aliphatic heterocycles. The lowest BCUT2D eigenvalue weighted by molar-refractivity contribution is 0.174. The molecule has 1 aromatic carbocycles. The molecule has 114 valence electrons. The highest BCUT2D eigenvalue weighted by Gasteiger charge is 2.19. The van der Waals surface area contributed by atoms with E-state index in [1.807, 2.05) is 29.8 Å². The van der Waals surface area contributed by atoms with Crippen molar-refractivity contribution in [1.82, 2.24) is 9.78 Å². The van der Waals surface area contributed by atoms with Crippen molar-refractivity contribution in [3.63, 3.8) is 0 Å². The lowest BCUT2D eigenvalue weighted by Crippen LogP contribution is -2.10. The zero-order valence-electron chi connectivity index (χ0n) is 12.5. The van der Waals surface area contributed by atoms with Crippen molar-refractivity contribution in [3.05, 3.63) is 50.2 Å². The van der Waals surface area contributed by atoms with Crippen molar-refractivity contribution in [1.29, 1.82) is 0 Å². The minimum atomic E-state index is -0.565. The van der Waals surface area contributed by atoms with Crippen LogP contribution in [0.25, 0.3) is 0 Å². The van der Waals surface area contributed by atoms with E-state index in [1.165, 1.54) is 0 Å². The highest BCUT2D eigenvalue weighted by Crippen LogP contribution is 2.29. The molecule has 1 heterocycles. The number of rotatable bonds is 5. The van der Waals surface area contributed by atoms with Crippen molar-refractivity contribution in [3.8, 4) is 0 Å². The smallest absolute Gasteiger partial charge is 0.0848 e. The van der Waals surface area contributed by atoms with E-state index in [-0.39, 0.29) is 0 Å². The number of hydrogen-bond acceptors (Lipinski definition) is 2. The average molecular weight is 372 g/mol. The first-order valence-electron chi connectivity index (χ1n) is 7.16. The van der Waals surface area contributed by atoms with E-state index in [1.54, 1.807) is 0 Å². The summed E-state index contributed by atoms with van der Waals surface area (Å²) >= 11 is 9.59. The molecule has 2 aromatic rings. The van der Waals surface area contributed by atoms with Crippen molar-refractivity contribution >= 4 is 27.5 Å². The molecule has 3 nitrogen and oxygen atoms in total. The average Bonchev–Trinajstić information content (AvgIpc) is 2.75. The fourth-order valence-corrected chi connectivity index (χ4v) is 3.47. The number of nitrogens with zero attached hydrogens (tertiary/aromatic N) is 2. The minimum Gasteiger partial charge on any atom is -0.388 e. The Morgan fingerprint density at radius 2 is 2.10 bits per heavy atom. The normalized spacial score (nSPS) is 12.7. The summed E-state index contributed by atoms with van der Waals surface area (Å²) in [6, 6.07) is 5.59. The van der Waals surface area contributed by atoms with E-state index in [0.29, 0.717) is 11.4 Å². The van der Waals surface area contributed by atoms with Crippen molar-refractivity contribution in [2.24, 2.45) is 0 Å². The molecule has 0 saturated heterocycles. The van der Waals surface area contributed by atoms with Crippen LogP contribution < -0.4 is 0 Å². The van der Waals surface area contributed by atoms with Gasteiger partial charge in [-0.25, -0.2) is 0 Å². The molecule has 0 saturated carbocycles. The van der Waals surface area contributed by atoms with Gasteiger partial charge in [-0.05, 0) is 59.5 Å². The highest BCUT2D eigenvalue weighted by atomic mass is 79.9. The van der Waals surface area contributed by atoms with Crippen LogP contribution in [0.4, 0.5) is 0 Å². The van der Waals surface area contributed by atoms with Gasteiger partial charge in [0.05, 0.1) is 22.0 Å². The maximum Gasteiger partial charge on any atom is 0.0848 e. The molecule has 2 rings (SSSR count). The lowest BCUT2D eigenvalue weighted by atomic mass is 10.00. The Hall–Kier alpha value is -0.840. The Morgan fingerprint density at radius 3 is 2.67 bits per heavy atom. The second-order valence-electron chi connectivity index (χ2n) is 5.10. The van der Waals surface area contributed by atoms with Gasteiger partial charge in [-0.2, -0.15) is 5.10 Å². The number of aliphatic hydroxyl groups is 1. The summed E-state index contributed by atoms with van der Waals surface area (Å²) in [6.07, 6.45) is 0.839. The summed E-state index contributed by atoms with van der Waals surface area (Å²) in [5.41, 5.74) is 3.99. The van der Waals surface area contributed by atoms with Gasteiger partial charge < -0.3 is 5.11 Å². The van der Waals surface area contributed by atoms with E-state index in [9.17, 15) is 5.11 Å². The van der Waals surface area contributed by atoms with Crippen LogP contribution in [-0.4, -0.2) is 14.9 Å². The maximum atomic E-state index is 10.6. The number of halogens is 2. The second-order valence-corrected chi connectivity index (χ2v) is 6.33. The van der Waals surface area contributed by atoms with Gasteiger partial charge in [0.2, 0.25) is 0 Å². The van der Waals surface area contributed by atoms with Crippen molar-refractivity contribution in [2.45, 2.75) is 46.3 Å². The molecule has 0 bridgehead atoms. The van der Waals surface area contributed by atoms with Crippen LogP contribution in [-0.2, 0) is 19.4 Å². The van der Waals surface area contributed by atoms with Gasteiger partial charge in [-0.3, -0.25) is 4.68 Å². The number of hydrogen-bond donors (Lipinski definition) is 1. The SMILES string of the molecule is CCc1nn(CC)c(CC(O)c2ccc(Cl)cc2C)c1Br. The zero-order chi connectivity index (χ0) is 15.6. The molecule has 1 N–H and O–H groups in total. The predicted molar refractivity (Wildman–Crippen MR) is 89.8 cm³/mol. The second kappa shape index (κ2) is 6.95. The molecule has 0 fully saturated rings. The van der Waals surface area contributed by atoms with Gasteiger partial charge in [0.1, 0.15) is 0 Å². The molecular weight excluding hydrogens is 352 g/mol. The Bertz CT molecular complexity index is 639. The van der Waals surface area contributed by atoms with Gasteiger partial charge in [0.25, 0.3) is 0 Å². The summed E-state index contributed by atoms with van der Waals surface area (Å²) in [5.74, 6) is 0. The topological polar surface area (TPSA) is 38.0 Å². The number of aliphatic hydroxyl groups excluding tert-OH is 1. The first-order chi connectivity index (χ1) is 9.97. The summed E-state index contributed by atoms with van der Waals surface area (Å²) in [4.78, 5) is 0. The quantitative estimate of drug-likeness (QED) is 0.842. The van der Waals surface area contributed by atoms with Crippen molar-refractivity contribution < 1.29 is 5.11 Å². The molecule has 1 aromatic heterocycles. The standard InChI is InChI=1S/C16H20BrClN2O/c1-4-13-16(17)14(20(5-2)19-13)9-15(21)12-7-6-11(18)8-10(12)3/h6-8,15,21H,4-5,9H2,1-3H3. The third-order valence-electron chi connectivity index (χ3n) is 3.67. The predicted octanol–water partition coefficient (Wildman–Crippen LogP) is 4.47. The Kier molecular flexibility index (Phi) is 5.47. The summed E-state index contributed by atoms with van der Waals surface area (Å²) in [7, 11) is 0. The van der Waals surface area contributed by atoms with Gasteiger partial charge in [0, 0.05) is 18.0 Å². The van der Waals surface area contributed by atoms with Gasteiger partial charge >= 0.3 is 0 Å². The third kappa shape index (κ3) is 3.50. The molecule has 5 heteroatoms. The van der Waals surface area contributed by atoms with E-state index < -0.39 is 6.10 Å². The molecule has 0 aliphatic carbocycles. The first kappa shape index (κ1) is 16.5. The summed E-state index contributed by atoms with van der Waals surface area (Å²) < 4.78 is 2.97. The fourth-order valence-electron chi connectivity index (χ4n) is 2.52. The molecule has 21 heavy (non-hydrogen) atoms. The Labute approximate surface area is 139 Å². The number of benzene rings is 1. The maximum absolute atomic E-state index is 10.6. The van der Waals surface area contributed by atoms with Crippen LogP contribution >= 0.6 is 27.5 Å². The highest BCUT2D eigenvalue weighted by molar-refractivity contribution is 9.10. The largest absolute Gasteiger partial charge is 0.388 e. The van der Waals surface area contributed by atoms with Crippen LogP contribution in [0.15, 0.2) is 22.7 Å². The molecule has 1 atom stereocenters. The monoisotopic (exact) mass is 370 g/mol. The van der Waals surface area contributed by atoms with E-state index in [2.05, 4.69) is 34.9 Å². The molecule has 0 aliphatic rings. The zero-order valence-corrected chi connectivity index (χ0v) is 14.9. The fraction of sp³-hybridized carbons (Fsp3) is 0.438. The number of aryl methyl sites for hydroxylation is 3. The Morgan fingerprint density at radius 1 is 1.38 bits per heavy atom. The molecule has 0 spiro atoms. The van der Waals surface area contributed by atoms with Gasteiger partial charge in [-0.1, -0.05) is 24.6 Å². The minimum absolute atomic E-state index is 0.532. The molecular formula is C16H20BrClN2O. The Balaban J connectivity index is 2.31. The van der Waals surface area contributed by atoms with Gasteiger partial charge in [0.15, 0.2) is 0 Å². The first-order valence-corrected chi connectivity index (χ1v) is 8.33. The van der Waals surface area contributed by atoms with Gasteiger partial charge in [-0.15, -0.1) is 0 Å². The molecule has 0 radical (unpaired) electrons. The number of aromatic nitrogens is 2. The molecule has 1 unspecified atom stereocenters. The van der Waals surface area contributed by atoms with Crippen LogP contribution in [0.5, 0.6) is 0 Å². The van der Waals surface area contributed by atoms with Crippen molar-refractivity contribution in [2.75, 3.05) is 0 Å². The lowest BCUT2D eigenvalue weighted by Gasteiger charge is -2.15. The summed E-state index contributed by atoms with van der Waals surface area (Å²) in [5, 5.41) is 15.8. The van der Waals surface area contributed by atoms with Crippen LogP contribution in [0, 0.1) is 6.92 Å². The van der Waals surface area contributed by atoms with E-state index in [0.717, 1.165) is 40.0 Å².